The fraction of sp³-hybridized carbons (Fsp3) is 0.609. The highest BCUT2D eigenvalue weighted by atomic mass is 127. The van der Waals surface area contributed by atoms with Gasteiger partial charge in [-0.15, -0.1) is 0 Å². The van der Waals surface area contributed by atoms with E-state index in [1.54, 1.807) is 7.11 Å². The largest absolute Gasteiger partial charge is 0.468 e. The number of hydrogen-bond acceptors (Lipinski definition) is 12. The molecule has 3 saturated heterocycles. The number of likely N-dealkylation sites (tertiary alicyclic amines) is 1. The molecule has 6 heterocycles. The summed E-state index contributed by atoms with van der Waals surface area (Å²) < 4.78 is 25.0. The second kappa shape index (κ2) is 15.0. The zero-order chi connectivity index (χ0) is 43.4. The molecule has 1 spiro atoms. The van der Waals surface area contributed by atoms with Crippen molar-refractivity contribution in [1.82, 2.24) is 19.7 Å². The van der Waals surface area contributed by atoms with Crippen LogP contribution in [0.25, 0.3) is 10.9 Å². The third-order valence-corrected chi connectivity index (χ3v) is 16.6. The Morgan fingerprint density at radius 3 is 2.46 bits per heavy atom. The highest BCUT2D eigenvalue weighted by Gasteiger charge is 2.82. The first kappa shape index (κ1) is 42.7. The van der Waals surface area contributed by atoms with Gasteiger partial charge in [-0.2, -0.15) is 0 Å². The highest BCUT2D eigenvalue weighted by Crippen LogP contribution is 2.70. The van der Waals surface area contributed by atoms with Gasteiger partial charge in [0.2, 0.25) is 12.0 Å². The minimum Gasteiger partial charge on any atom is -0.468 e. The molecule has 1 amide bonds. The van der Waals surface area contributed by atoms with E-state index in [1.807, 2.05) is 44.2 Å². The second-order valence-corrected chi connectivity index (χ2v) is 19.9. The molecule has 328 valence electrons. The fourth-order valence-electron chi connectivity index (χ4n) is 13.8. The van der Waals surface area contributed by atoms with Crippen molar-refractivity contribution in [3.8, 4) is 0 Å². The first-order chi connectivity index (χ1) is 29.2. The molecule has 1 aromatic carbocycles. The summed E-state index contributed by atoms with van der Waals surface area (Å²) in [7, 11) is 4.19. The fourth-order valence-corrected chi connectivity index (χ4v) is 14.3. The number of carbonyl (C=O) groups excluding carboxylic acids is 4. The lowest BCUT2D eigenvalue weighted by molar-refractivity contribution is -0.242. The number of methoxy groups -OCH3 is 3. The number of H-pyrrole nitrogens is 1. The topological polar surface area (TPSA) is 171 Å². The van der Waals surface area contributed by atoms with E-state index >= 15 is 4.79 Å². The molecule has 1 aromatic heterocycles. The molecule has 15 heteroatoms. The molecular weight excluding hydrogens is 895 g/mol. The maximum atomic E-state index is 15.4. The summed E-state index contributed by atoms with van der Waals surface area (Å²) in [6.45, 7) is 8.26. The van der Waals surface area contributed by atoms with Crippen LogP contribution >= 0.6 is 22.6 Å². The Balaban J connectivity index is 1.35. The Kier molecular flexibility index (Phi) is 10.5. The van der Waals surface area contributed by atoms with Crippen LogP contribution in [0.2, 0.25) is 0 Å². The maximum absolute atomic E-state index is 15.4. The van der Waals surface area contributed by atoms with Crippen LogP contribution in [0.3, 0.4) is 0 Å². The van der Waals surface area contributed by atoms with Crippen molar-refractivity contribution >= 4 is 57.8 Å². The number of esters is 3. The molecule has 7 aliphatic rings. The van der Waals surface area contributed by atoms with Gasteiger partial charge < -0.3 is 39.0 Å². The number of halogens is 1. The molecule has 5 aliphatic heterocycles. The summed E-state index contributed by atoms with van der Waals surface area (Å²) in [5.41, 5.74) is -3.25. The summed E-state index contributed by atoms with van der Waals surface area (Å²) in [5, 5.41) is 26.4. The molecule has 9 rings (SSSR count). The summed E-state index contributed by atoms with van der Waals surface area (Å²) in [5.74, 6) is -3.00. The number of aromatic nitrogens is 1. The smallest absolute Gasteiger partial charge is 0.344 e. The SMILES string of the molecule is CC[C@]1(O)C[C@@H]2CN(CCc3c([nH]c4ccc(I)cc34)[C@@](C(=O)OC)(C3C=C4C(=CC3OC)N(C=O)[C@H]3[C@@](O)(C(=O)OC)[C@H](OC(C)=O)[C@]5(CC)C=CCN6CC[C@]43[C@@H]65)C2)C1. The lowest BCUT2D eigenvalue weighted by atomic mass is 9.47. The summed E-state index contributed by atoms with van der Waals surface area (Å²) in [4.78, 5) is 66.5. The minimum absolute atomic E-state index is 0.126. The highest BCUT2D eigenvalue weighted by molar-refractivity contribution is 14.1. The monoisotopic (exact) mass is 952 g/mol. The zero-order valence-corrected chi connectivity index (χ0v) is 37.9. The summed E-state index contributed by atoms with van der Waals surface area (Å²) in [6, 6.07) is 4.53. The Morgan fingerprint density at radius 1 is 1.02 bits per heavy atom. The normalized spacial score (nSPS) is 40.0. The van der Waals surface area contributed by atoms with Gasteiger partial charge in [0.15, 0.2) is 6.10 Å². The van der Waals surface area contributed by atoms with Crippen LogP contribution in [-0.2, 0) is 50.0 Å². The predicted molar refractivity (Wildman–Crippen MR) is 232 cm³/mol. The van der Waals surface area contributed by atoms with E-state index < -0.39 is 75.6 Å². The molecule has 1 saturated carbocycles. The average Bonchev–Trinajstić information content (AvgIpc) is 3.92. The van der Waals surface area contributed by atoms with Crippen LogP contribution in [0.4, 0.5) is 0 Å². The number of aliphatic hydroxyl groups is 2. The molecule has 3 N–H and O–H groups in total. The number of nitrogens with zero attached hydrogens (tertiary/aromatic N) is 3. The van der Waals surface area contributed by atoms with Crippen molar-refractivity contribution in [2.45, 2.75) is 100 Å². The first-order valence-electron chi connectivity index (χ1n) is 21.6. The standard InChI is InChI=1S/C46H57IN4O10/c1-7-42(56)21-27-22-45(40(54)59-5,36-29(12-16-49(23-27)24-42)30-18-28(47)10-11-33(30)48-36)32-19-31-34(20-35(32)58-4)51(25-52)38-44(31)14-17-50-15-9-13-43(8-2,37(44)50)39(61-26(3)53)46(38,57)41(55)60-6/h9-11,13,18-20,25,27,32,35,37-39,48,56-57H,7-8,12,14-17,21-24H2,1-6H3/t27-,32?,35?,37-,38+,39+,42-,43+,44+,45-,46-/m0/s1. The number of ether oxygens (including phenoxy) is 4. The van der Waals surface area contributed by atoms with Gasteiger partial charge in [-0.25, -0.2) is 4.79 Å². The third-order valence-electron chi connectivity index (χ3n) is 16.0. The zero-order valence-electron chi connectivity index (χ0n) is 35.7. The molecule has 0 radical (unpaired) electrons. The number of allylic oxidation sites excluding steroid dienone is 1. The van der Waals surface area contributed by atoms with Gasteiger partial charge in [0.25, 0.3) is 0 Å². The Morgan fingerprint density at radius 2 is 1.79 bits per heavy atom. The minimum atomic E-state index is -2.52. The summed E-state index contributed by atoms with van der Waals surface area (Å²) in [6.07, 6.45) is 9.18. The predicted octanol–water partition coefficient (Wildman–Crippen LogP) is 3.76. The molecule has 2 aliphatic carbocycles. The number of fused-ring (bicyclic) bond motifs is 6. The quantitative estimate of drug-likeness (QED) is 0.115. The van der Waals surface area contributed by atoms with Crippen molar-refractivity contribution in [3.05, 3.63) is 68.6 Å². The van der Waals surface area contributed by atoms with Gasteiger partial charge >= 0.3 is 17.9 Å². The van der Waals surface area contributed by atoms with Gasteiger partial charge in [0.1, 0.15) is 5.41 Å². The number of carbonyl (C=O) groups is 4. The van der Waals surface area contributed by atoms with E-state index in [1.165, 1.54) is 26.0 Å². The van der Waals surface area contributed by atoms with Crippen LogP contribution in [0.15, 0.2) is 53.8 Å². The molecular formula is C46H57IN4O10. The number of nitrogens with one attached hydrogen (secondary N) is 1. The van der Waals surface area contributed by atoms with E-state index in [2.05, 4.69) is 49.5 Å². The Bertz CT molecular complexity index is 2280. The molecule has 4 fully saturated rings. The lowest BCUT2D eigenvalue weighted by Gasteiger charge is -2.63. The first-order valence-corrected chi connectivity index (χ1v) is 22.7. The van der Waals surface area contributed by atoms with Crippen LogP contribution in [0.5, 0.6) is 0 Å². The van der Waals surface area contributed by atoms with Gasteiger partial charge in [0, 0.05) is 88.9 Å². The van der Waals surface area contributed by atoms with Crippen molar-refractivity contribution < 1.29 is 48.3 Å². The molecule has 3 unspecified atom stereocenters. The number of amides is 1. The van der Waals surface area contributed by atoms with Crippen molar-refractivity contribution in [1.29, 1.82) is 0 Å². The van der Waals surface area contributed by atoms with Crippen LogP contribution in [0, 0.1) is 26.2 Å². The third kappa shape index (κ3) is 5.75. The van der Waals surface area contributed by atoms with E-state index in [0.717, 1.165) is 31.3 Å². The van der Waals surface area contributed by atoms with Crippen LogP contribution in [0.1, 0.15) is 64.1 Å². The molecule has 61 heavy (non-hydrogen) atoms. The number of benzene rings is 1. The van der Waals surface area contributed by atoms with Gasteiger partial charge in [-0.1, -0.05) is 32.1 Å². The van der Waals surface area contributed by atoms with Crippen molar-refractivity contribution in [2.24, 2.45) is 22.7 Å². The Labute approximate surface area is 369 Å². The van der Waals surface area contributed by atoms with E-state index in [4.69, 9.17) is 18.9 Å². The molecule has 2 bridgehead atoms. The van der Waals surface area contributed by atoms with Crippen LogP contribution < -0.4 is 0 Å². The van der Waals surface area contributed by atoms with Gasteiger partial charge in [0.05, 0.1) is 32.0 Å². The van der Waals surface area contributed by atoms with E-state index in [0.29, 0.717) is 83.4 Å². The van der Waals surface area contributed by atoms with Crippen LogP contribution in [-0.4, -0.2) is 144 Å². The average molecular weight is 953 g/mol. The number of hydrogen-bond donors (Lipinski definition) is 3. The van der Waals surface area contributed by atoms with Gasteiger partial charge in [-0.3, -0.25) is 24.2 Å². The maximum Gasteiger partial charge on any atom is 0.344 e. The van der Waals surface area contributed by atoms with E-state index in [9.17, 15) is 24.6 Å². The molecule has 2 aromatic rings. The lowest BCUT2D eigenvalue weighted by Crippen LogP contribution is -2.80. The number of piperidine rings is 1. The van der Waals surface area contributed by atoms with Crippen molar-refractivity contribution in [2.75, 3.05) is 54.1 Å². The van der Waals surface area contributed by atoms with E-state index in [-0.39, 0.29) is 5.92 Å². The number of rotatable bonds is 8. The van der Waals surface area contributed by atoms with Gasteiger partial charge in [-0.05, 0) is 109 Å². The number of aromatic amines is 1. The Hall–Kier alpha value is -3.61. The molecule has 14 nitrogen and oxygen atoms in total. The second-order valence-electron chi connectivity index (χ2n) is 18.6. The molecule has 12 atom stereocenters. The van der Waals surface area contributed by atoms with Crippen molar-refractivity contribution in [3.63, 3.8) is 0 Å². The summed E-state index contributed by atoms with van der Waals surface area (Å²) >= 11 is 2.32.